The summed E-state index contributed by atoms with van der Waals surface area (Å²) in [6, 6.07) is 20.9. The van der Waals surface area contributed by atoms with E-state index in [0.717, 1.165) is 49.3 Å². The summed E-state index contributed by atoms with van der Waals surface area (Å²) in [6.45, 7) is 2.64. The summed E-state index contributed by atoms with van der Waals surface area (Å²) in [5, 5.41) is 0. The van der Waals surface area contributed by atoms with E-state index in [0.29, 0.717) is 33.5 Å². The van der Waals surface area contributed by atoms with Crippen LogP contribution in [0.4, 0.5) is 28.9 Å². The smallest absolute Gasteiger partial charge is 0.161 e. The highest BCUT2D eigenvalue weighted by molar-refractivity contribution is 7.47. The van der Waals surface area contributed by atoms with Gasteiger partial charge in [-0.1, -0.05) is 55.5 Å². The number of anilines is 1. The lowest BCUT2D eigenvalue weighted by molar-refractivity contribution is 0.576. The Morgan fingerprint density at radius 2 is 1.18 bits per heavy atom. The van der Waals surface area contributed by atoms with Crippen molar-refractivity contribution >= 4 is 80.9 Å². The molecule has 0 saturated heterocycles. The fraction of sp³-hybridized carbons (Fsp3) is 0.0909. The first-order valence-corrected chi connectivity index (χ1v) is 16.3. The van der Waals surface area contributed by atoms with Gasteiger partial charge in [0.25, 0.3) is 0 Å². The lowest BCUT2D eigenvalue weighted by atomic mass is 10.0. The Kier molecular flexibility index (Phi) is 8.74. The summed E-state index contributed by atoms with van der Waals surface area (Å²) in [5.41, 5.74) is 12.1. The van der Waals surface area contributed by atoms with E-state index < -0.39 is 23.3 Å². The third-order valence-corrected chi connectivity index (χ3v) is 10.2. The van der Waals surface area contributed by atoms with Crippen LogP contribution in [0.5, 0.6) is 0 Å². The maximum Gasteiger partial charge on any atom is 0.161 e. The molecule has 6 aromatic rings. The summed E-state index contributed by atoms with van der Waals surface area (Å²) in [7, 11) is 0. The molecule has 0 amide bonds. The fourth-order valence-electron chi connectivity index (χ4n) is 4.91. The van der Waals surface area contributed by atoms with Crippen LogP contribution >= 0.6 is 34.4 Å². The van der Waals surface area contributed by atoms with E-state index in [1.165, 1.54) is 34.8 Å². The molecule has 4 nitrogen and oxygen atoms in total. The summed E-state index contributed by atoms with van der Waals surface area (Å²) in [4.78, 5) is 3.45. The number of fused-ring (bicyclic) bond motifs is 1. The highest BCUT2D eigenvalue weighted by Gasteiger charge is 2.25. The average molecular weight is 679 g/mol. The highest BCUT2D eigenvalue weighted by Crippen LogP contribution is 2.51. The molecule has 0 unspecified atom stereocenters. The molecule has 226 valence electrons. The number of nitrogens with two attached hydrogens (primary N) is 1. The van der Waals surface area contributed by atoms with Gasteiger partial charge >= 0.3 is 0 Å². The van der Waals surface area contributed by atoms with E-state index in [-0.39, 0.29) is 17.5 Å². The highest BCUT2D eigenvalue weighted by atomic mass is 32.1. The van der Waals surface area contributed by atoms with Crippen molar-refractivity contribution in [1.29, 1.82) is 0 Å². The second kappa shape index (κ2) is 12.7. The van der Waals surface area contributed by atoms with Gasteiger partial charge < -0.3 is 5.73 Å². The molecular formula is C33H22F4N4S4. The van der Waals surface area contributed by atoms with Gasteiger partial charge in [-0.2, -0.15) is 13.1 Å². The summed E-state index contributed by atoms with van der Waals surface area (Å²) in [5.74, 6) is -3.39. The van der Waals surface area contributed by atoms with E-state index in [4.69, 9.17) is 18.2 Å². The minimum atomic E-state index is -0.887. The van der Waals surface area contributed by atoms with Crippen LogP contribution < -0.4 is 5.73 Å². The predicted molar refractivity (Wildman–Crippen MR) is 183 cm³/mol. The predicted octanol–water partition coefficient (Wildman–Crippen LogP) is 12.1. The Morgan fingerprint density at radius 3 is 1.67 bits per heavy atom. The van der Waals surface area contributed by atoms with Crippen molar-refractivity contribution in [3.63, 3.8) is 0 Å². The standard InChI is InChI=1S/C33H22F4N4S4/c1-3-21(35)29(37)20-10-6-18(7-11-20)22-12-14-24(43-22)26-30(38)31(39-42)27(33-32(26)40-45-41-33)25-15-13-23(44-25)17-4-8-19(9-5-17)28(36)16(2)34/h4-15H,3,38H2,1-2H3/b28-16-,29-21+. The second-order valence-electron chi connectivity index (χ2n) is 9.97. The Labute approximate surface area is 273 Å². The Bertz CT molecular complexity index is 2120. The maximum absolute atomic E-state index is 14.3. The first kappa shape index (κ1) is 30.9. The molecule has 3 aromatic carbocycles. The topological polar surface area (TPSA) is 64.2 Å². The lowest BCUT2D eigenvalue weighted by Crippen LogP contribution is -1.94. The zero-order chi connectivity index (χ0) is 31.8. The molecule has 0 aliphatic heterocycles. The first-order valence-electron chi connectivity index (χ1n) is 13.6. The maximum atomic E-state index is 14.3. The largest absolute Gasteiger partial charge is 0.396 e. The van der Waals surface area contributed by atoms with Crippen LogP contribution in [-0.4, -0.2) is 8.75 Å². The van der Waals surface area contributed by atoms with Crippen molar-refractivity contribution in [3.05, 3.63) is 95.6 Å². The number of allylic oxidation sites excluding steroid dienone is 2. The number of nitrogens with zero attached hydrogens (tertiary/aromatic N) is 3. The molecule has 12 heteroatoms. The molecule has 0 aliphatic carbocycles. The number of aromatic nitrogens is 2. The normalized spacial score (nSPS) is 12.8. The van der Waals surface area contributed by atoms with Crippen molar-refractivity contribution in [2.45, 2.75) is 20.3 Å². The van der Waals surface area contributed by atoms with Crippen molar-refractivity contribution in [1.82, 2.24) is 8.75 Å². The van der Waals surface area contributed by atoms with Crippen molar-refractivity contribution in [3.8, 4) is 41.8 Å². The monoisotopic (exact) mass is 678 g/mol. The molecule has 0 spiro atoms. The van der Waals surface area contributed by atoms with Gasteiger partial charge in [0.2, 0.25) is 0 Å². The Morgan fingerprint density at radius 1 is 0.711 bits per heavy atom. The van der Waals surface area contributed by atoms with Gasteiger partial charge in [0.1, 0.15) is 28.4 Å². The van der Waals surface area contributed by atoms with Gasteiger partial charge in [-0.3, -0.25) is 0 Å². The zero-order valence-corrected chi connectivity index (χ0v) is 27.0. The van der Waals surface area contributed by atoms with Crippen LogP contribution in [0.3, 0.4) is 0 Å². The van der Waals surface area contributed by atoms with Crippen molar-refractivity contribution in [2.24, 2.45) is 4.36 Å². The molecule has 6 rings (SSSR count). The minimum absolute atomic E-state index is 0.00920. The molecule has 3 aromatic heterocycles. The van der Waals surface area contributed by atoms with Gasteiger partial charge in [-0.25, -0.2) is 17.6 Å². The number of hydrogen-bond donors (Lipinski definition) is 1. The molecule has 0 atom stereocenters. The molecule has 2 N–H and O–H groups in total. The number of thiophene rings is 2. The number of benzene rings is 3. The van der Waals surface area contributed by atoms with Crippen LogP contribution in [0, 0.1) is 0 Å². The number of rotatable bonds is 8. The third-order valence-electron chi connectivity index (χ3n) is 7.22. The van der Waals surface area contributed by atoms with E-state index in [2.05, 4.69) is 13.1 Å². The SMILES string of the molecule is CC/C(F)=C(\F)c1ccc(-c2ccc(-c3c(N)c(N=S)c(-c4ccc(-c5ccc(/C(F)=C(\C)F)cc5)s4)c4nsnc34)s2)cc1. The molecular weight excluding hydrogens is 657 g/mol. The van der Waals surface area contributed by atoms with Gasteiger partial charge in [0, 0.05) is 54.2 Å². The molecule has 0 bridgehead atoms. The lowest BCUT2D eigenvalue weighted by Gasteiger charge is -2.12. The van der Waals surface area contributed by atoms with Gasteiger partial charge in [0.15, 0.2) is 11.7 Å². The van der Waals surface area contributed by atoms with Gasteiger partial charge in [0.05, 0.1) is 17.4 Å². The summed E-state index contributed by atoms with van der Waals surface area (Å²) in [6.07, 6.45) is -0.00920. The quantitative estimate of drug-likeness (QED) is 0.129. The number of nitrogen functional groups attached to an aromatic ring is 1. The first-order chi connectivity index (χ1) is 21.7. The molecule has 3 heterocycles. The molecule has 0 radical (unpaired) electrons. The molecule has 0 saturated carbocycles. The van der Waals surface area contributed by atoms with Crippen LogP contribution in [0.1, 0.15) is 31.4 Å². The van der Waals surface area contributed by atoms with Crippen molar-refractivity contribution in [2.75, 3.05) is 5.73 Å². The van der Waals surface area contributed by atoms with Gasteiger partial charge in [-0.15, -0.1) is 22.7 Å². The zero-order valence-electron chi connectivity index (χ0n) is 23.7. The molecule has 45 heavy (non-hydrogen) atoms. The third kappa shape index (κ3) is 5.74. The van der Waals surface area contributed by atoms with Crippen molar-refractivity contribution < 1.29 is 17.6 Å². The van der Waals surface area contributed by atoms with Crippen LogP contribution in [0.15, 0.2) is 88.8 Å². The summed E-state index contributed by atoms with van der Waals surface area (Å²) >= 11 is 9.22. The van der Waals surface area contributed by atoms with E-state index >= 15 is 0 Å². The fourth-order valence-corrected chi connectivity index (χ4v) is 7.79. The summed E-state index contributed by atoms with van der Waals surface area (Å²) < 4.78 is 68.7. The number of hydrogen-bond acceptors (Lipinski definition) is 8. The molecule has 0 fully saturated rings. The Balaban J connectivity index is 1.38. The van der Waals surface area contributed by atoms with Gasteiger partial charge in [-0.05, 0) is 48.7 Å². The molecule has 0 aliphatic rings. The van der Waals surface area contributed by atoms with Crippen LogP contribution in [0.25, 0.3) is 64.4 Å². The van der Waals surface area contributed by atoms with Crippen LogP contribution in [0.2, 0.25) is 0 Å². The average Bonchev–Trinajstić information content (AvgIpc) is 3.85. The number of halogens is 4. The second-order valence-corrected chi connectivity index (χ2v) is 12.8. The minimum Gasteiger partial charge on any atom is -0.396 e. The Hall–Kier alpha value is -4.10. The van der Waals surface area contributed by atoms with E-state index in [1.54, 1.807) is 43.3 Å². The van der Waals surface area contributed by atoms with Crippen LogP contribution in [-0.2, 0) is 12.4 Å². The van der Waals surface area contributed by atoms with E-state index in [1.807, 2.05) is 24.3 Å². The van der Waals surface area contributed by atoms with E-state index in [9.17, 15) is 17.6 Å².